The van der Waals surface area contributed by atoms with E-state index in [9.17, 15) is 9.90 Å². The summed E-state index contributed by atoms with van der Waals surface area (Å²) in [7, 11) is 0. The second-order valence-electron chi connectivity index (χ2n) is 7.24. The third-order valence-electron chi connectivity index (χ3n) is 5.52. The van der Waals surface area contributed by atoms with Crippen molar-refractivity contribution in [2.75, 3.05) is 0 Å². The zero-order valence-electron chi connectivity index (χ0n) is 15.4. The smallest absolute Gasteiger partial charge is 0.230 e. The Morgan fingerprint density at radius 3 is 2.57 bits per heavy atom. The van der Waals surface area contributed by atoms with Crippen LogP contribution in [0.3, 0.4) is 0 Å². The maximum absolute atomic E-state index is 13.2. The summed E-state index contributed by atoms with van der Waals surface area (Å²) in [5, 5.41) is 18.2. The number of aliphatic hydroxyl groups is 1. The lowest BCUT2D eigenvalue weighted by Crippen LogP contribution is -2.42. The monoisotopic (exact) mass is 431 g/mol. The molecular weight excluding hydrogens is 410 g/mol. The fourth-order valence-corrected chi connectivity index (χ4v) is 5.73. The summed E-state index contributed by atoms with van der Waals surface area (Å²) < 4.78 is 0. The molecule has 2 aromatic heterocycles. The first-order chi connectivity index (χ1) is 13.6. The van der Waals surface area contributed by atoms with Gasteiger partial charge in [-0.05, 0) is 65.1 Å². The van der Waals surface area contributed by atoms with Crippen LogP contribution in [0.15, 0.2) is 53.2 Å². The summed E-state index contributed by atoms with van der Waals surface area (Å²) in [6, 6.07) is 13.6. The molecule has 1 amide bonds. The molecule has 0 bridgehead atoms. The SMILES string of the molecule is O=C(NCc1ccc([C@@H](O)c2ccsc2)s1)C1(c2ccc(Cl)cc2)CCCC1. The lowest BCUT2D eigenvalue weighted by atomic mass is 9.78. The molecule has 1 aliphatic rings. The molecule has 1 aromatic carbocycles. The zero-order valence-corrected chi connectivity index (χ0v) is 17.7. The first-order valence-corrected chi connectivity index (χ1v) is 11.6. The van der Waals surface area contributed by atoms with Crippen molar-refractivity contribution in [1.29, 1.82) is 0 Å². The van der Waals surface area contributed by atoms with E-state index in [-0.39, 0.29) is 5.91 Å². The normalized spacial score (nSPS) is 16.8. The molecule has 0 radical (unpaired) electrons. The van der Waals surface area contributed by atoms with Gasteiger partial charge >= 0.3 is 0 Å². The predicted molar refractivity (Wildman–Crippen MR) is 116 cm³/mol. The molecule has 146 valence electrons. The molecule has 4 rings (SSSR count). The molecule has 0 aliphatic heterocycles. The van der Waals surface area contributed by atoms with Crippen LogP contribution in [0.25, 0.3) is 0 Å². The Bertz CT molecular complexity index is 928. The van der Waals surface area contributed by atoms with Crippen molar-refractivity contribution in [3.05, 3.63) is 79.1 Å². The topological polar surface area (TPSA) is 49.3 Å². The molecule has 1 saturated carbocycles. The highest BCUT2D eigenvalue weighted by atomic mass is 35.5. The van der Waals surface area contributed by atoms with Gasteiger partial charge in [0.25, 0.3) is 0 Å². The molecular formula is C22H22ClNO2S2. The number of aliphatic hydroxyl groups excluding tert-OH is 1. The molecule has 28 heavy (non-hydrogen) atoms. The van der Waals surface area contributed by atoms with Gasteiger partial charge in [-0.15, -0.1) is 11.3 Å². The number of hydrogen-bond acceptors (Lipinski definition) is 4. The molecule has 0 saturated heterocycles. The number of rotatable bonds is 6. The van der Waals surface area contributed by atoms with Crippen molar-refractivity contribution in [3.63, 3.8) is 0 Å². The highest BCUT2D eigenvalue weighted by Crippen LogP contribution is 2.42. The van der Waals surface area contributed by atoms with Crippen LogP contribution in [-0.2, 0) is 16.8 Å². The van der Waals surface area contributed by atoms with Gasteiger partial charge in [0.2, 0.25) is 5.91 Å². The van der Waals surface area contributed by atoms with Crippen LogP contribution in [0.1, 0.15) is 52.7 Å². The number of halogens is 1. The van der Waals surface area contributed by atoms with Crippen LogP contribution >= 0.6 is 34.3 Å². The van der Waals surface area contributed by atoms with Gasteiger partial charge in [0, 0.05) is 14.8 Å². The van der Waals surface area contributed by atoms with Crippen molar-refractivity contribution in [3.8, 4) is 0 Å². The Morgan fingerprint density at radius 2 is 1.89 bits per heavy atom. The number of carbonyl (C=O) groups excluding carboxylic acids is 1. The lowest BCUT2D eigenvalue weighted by molar-refractivity contribution is -0.126. The van der Waals surface area contributed by atoms with Crippen LogP contribution in [-0.4, -0.2) is 11.0 Å². The molecule has 3 aromatic rings. The van der Waals surface area contributed by atoms with Crippen LogP contribution < -0.4 is 5.32 Å². The quantitative estimate of drug-likeness (QED) is 0.528. The van der Waals surface area contributed by atoms with E-state index in [0.29, 0.717) is 11.6 Å². The Labute approximate surface area is 178 Å². The van der Waals surface area contributed by atoms with Gasteiger partial charge in [0.1, 0.15) is 6.10 Å². The molecule has 1 aliphatic carbocycles. The molecule has 0 unspecified atom stereocenters. The maximum Gasteiger partial charge on any atom is 0.230 e. The summed E-state index contributed by atoms with van der Waals surface area (Å²) in [4.78, 5) is 15.1. The standard InChI is InChI=1S/C22H22ClNO2S2/c23-17-5-3-16(4-6-17)22(10-1-2-11-22)21(26)24-13-18-7-8-19(28-18)20(25)15-9-12-27-14-15/h3-9,12,14,20,25H,1-2,10-11,13H2,(H,24,26)/t20-/m0/s1. The molecule has 2 heterocycles. The lowest BCUT2D eigenvalue weighted by Gasteiger charge is -2.28. The molecule has 1 fully saturated rings. The van der Waals surface area contributed by atoms with Crippen molar-refractivity contribution < 1.29 is 9.90 Å². The van der Waals surface area contributed by atoms with Crippen LogP contribution in [0.4, 0.5) is 0 Å². The first kappa shape index (κ1) is 19.6. The first-order valence-electron chi connectivity index (χ1n) is 9.42. The van der Waals surface area contributed by atoms with Crippen LogP contribution in [0.2, 0.25) is 5.02 Å². The third kappa shape index (κ3) is 3.90. The van der Waals surface area contributed by atoms with Gasteiger partial charge in [0.05, 0.1) is 12.0 Å². The van der Waals surface area contributed by atoms with Crippen molar-refractivity contribution in [2.24, 2.45) is 0 Å². The van der Waals surface area contributed by atoms with Crippen molar-refractivity contribution in [1.82, 2.24) is 5.32 Å². The van der Waals surface area contributed by atoms with E-state index in [0.717, 1.165) is 46.6 Å². The zero-order chi connectivity index (χ0) is 19.6. The third-order valence-corrected chi connectivity index (χ3v) is 7.61. The fraction of sp³-hybridized carbons (Fsp3) is 0.318. The second-order valence-corrected chi connectivity index (χ2v) is 9.66. The maximum atomic E-state index is 13.2. The van der Waals surface area contributed by atoms with Gasteiger partial charge in [0.15, 0.2) is 0 Å². The molecule has 0 spiro atoms. The van der Waals surface area contributed by atoms with E-state index < -0.39 is 11.5 Å². The second kappa shape index (κ2) is 8.37. The minimum atomic E-state index is -0.601. The van der Waals surface area contributed by atoms with Crippen molar-refractivity contribution in [2.45, 2.75) is 43.7 Å². The van der Waals surface area contributed by atoms with E-state index >= 15 is 0 Å². The van der Waals surface area contributed by atoms with Gasteiger partial charge in [-0.1, -0.05) is 36.6 Å². The highest BCUT2D eigenvalue weighted by molar-refractivity contribution is 7.12. The summed E-state index contributed by atoms with van der Waals surface area (Å²) in [6.07, 6.45) is 3.26. The molecule has 1 atom stereocenters. The predicted octanol–water partition coefficient (Wildman–Crippen LogP) is 5.67. The largest absolute Gasteiger partial charge is 0.383 e. The minimum Gasteiger partial charge on any atom is -0.383 e. The number of hydrogen-bond donors (Lipinski definition) is 2. The van der Waals surface area contributed by atoms with Crippen molar-refractivity contribution >= 4 is 40.2 Å². The Kier molecular flexibility index (Phi) is 5.88. The van der Waals surface area contributed by atoms with E-state index in [1.807, 2.05) is 53.2 Å². The molecule has 6 heteroatoms. The Balaban J connectivity index is 1.45. The van der Waals surface area contributed by atoms with Crippen LogP contribution in [0, 0.1) is 0 Å². The molecule has 2 N–H and O–H groups in total. The summed E-state index contributed by atoms with van der Waals surface area (Å²) >= 11 is 9.15. The number of nitrogens with one attached hydrogen (secondary N) is 1. The average molecular weight is 432 g/mol. The summed E-state index contributed by atoms with van der Waals surface area (Å²) in [6.45, 7) is 0.481. The van der Waals surface area contributed by atoms with Gasteiger partial charge in [-0.2, -0.15) is 11.3 Å². The van der Waals surface area contributed by atoms with Gasteiger partial charge < -0.3 is 10.4 Å². The highest BCUT2D eigenvalue weighted by Gasteiger charge is 2.42. The van der Waals surface area contributed by atoms with Gasteiger partial charge in [-0.3, -0.25) is 4.79 Å². The van der Waals surface area contributed by atoms with E-state index in [1.165, 1.54) is 0 Å². The Morgan fingerprint density at radius 1 is 1.14 bits per heavy atom. The number of carbonyl (C=O) groups is 1. The minimum absolute atomic E-state index is 0.0839. The fourth-order valence-electron chi connectivity index (χ4n) is 3.96. The van der Waals surface area contributed by atoms with E-state index in [2.05, 4.69) is 5.32 Å². The van der Waals surface area contributed by atoms with E-state index in [4.69, 9.17) is 11.6 Å². The van der Waals surface area contributed by atoms with E-state index in [1.54, 1.807) is 22.7 Å². The summed E-state index contributed by atoms with van der Waals surface area (Å²) in [5.41, 5.74) is 1.50. The number of thiophene rings is 2. The van der Waals surface area contributed by atoms with Gasteiger partial charge in [-0.25, -0.2) is 0 Å². The summed E-state index contributed by atoms with van der Waals surface area (Å²) in [5.74, 6) is 0.0839. The van der Waals surface area contributed by atoms with Crippen LogP contribution in [0.5, 0.6) is 0 Å². The Hall–Kier alpha value is -1.66. The number of benzene rings is 1. The molecule has 3 nitrogen and oxygen atoms in total. The number of amides is 1. The average Bonchev–Trinajstić information content (AvgIpc) is 3.48.